The average molecular weight is 465 g/mol. The highest BCUT2D eigenvalue weighted by molar-refractivity contribution is 5.84. The summed E-state index contributed by atoms with van der Waals surface area (Å²) in [5.74, 6) is -0.0940. The molecule has 9 nitrogen and oxygen atoms in total. The Morgan fingerprint density at radius 3 is 2.62 bits per heavy atom. The third-order valence-electron chi connectivity index (χ3n) is 4.86. The number of nitrogens with one attached hydrogen (secondary N) is 2. The van der Waals surface area contributed by atoms with Crippen LogP contribution in [0.25, 0.3) is 11.3 Å². The lowest BCUT2D eigenvalue weighted by Crippen LogP contribution is -2.28. The van der Waals surface area contributed by atoms with Crippen LogP contribution in [-0.2, 0) is 27.2 Å². The molecule has 9 heteroatoms. The Balaban J connectivity index is 1.75. The van der Waals surface area contributed by atoms with Crippen molar-refractivity contribution in [2.45, 2.75) is 19.9 Å². The molecule has 0 spiro atoms. The Kier molecular flexibility index (Phi) is 8.93. The molecule has 3 rings (SSSR count). The number of anilines is 1. The van der Waals surface area contributed by atoms with Gasteiger partial charge in [0, 0.05) is 31.0 Å². The average Bonchev–Trinajstić information content (AvgIpc) is 2.81. The molecular weight excluding hydrogens is 436 g/mol. The van der Waals surface area contributed by atoms with Crippen LogP contribution in [0.3, 0.4) is 0 Å². The topological polar surface area (TPSA) is 112 Å². The van der Waals surface area contributed by atoms with Gasteiger partial charge in [-0.1, -0.05) is 30.3 Å². The summed E-state index contributed by atoms with van der Waals surface area (Å²) in [6.07, 6.45) is -0.304. The number of carbonyl (C=O) groups excluding carboxylic acids is 2. The lowest BCUT2D eigenvalue weighted by Gasteiger charge is -2.10. The molecule has 2 N–H and O–H groups in total. The summed E-state index contributed by atoms with van der Waals surface area (Å²) in [7, 11) is 1.58. The number of methoxy groups -OCH3 is 1. The highest BCUT2D eigenvalue weighted by Crippen LogP contribution is 2.18. The lowest BCUT2D eigenvalue weighted by molar-refractivity contribution is -0.120. The Labute approximate surface area is 197 Å². The number of carbonyl (C=O) groups is 2. The predicted octanol–water partition coefficient (Wildman–Crippen LogP) is 2.83. The van der Waals surface area contributed by atoms with E-state index in [-0.39, 0.29) is 31.0 Å². The van der Waals surface area contributed by atoms with Crippen molar-refractivity contribution in [1.29, 1.82) is 0 Å². The Morgan fingerprint density at radius 1 is 1.03 bits per heavy atom. The number of ether oxygens (including phenoxy) is 2. The van der Waals surface area contributed by atoms with E-state index in [0.717, 1.165) is 16.7 Å². The first kappa shape index (κ1) is 24.7. The molecule has 0 radical (unpaired) electrons. The summed E-state index contributed by atoms with van der Waals surface area (Å²) >= 11 is 0. The number of hydrogen-bond donors (Lipinski definition) is 2. The van der Waals surface area contributed by atoms with Crippen LogP contribution in [0, 0.1) is 0 Å². The van der Waals surface area contributed by atoms with Gasteiger partial charge in [-0.25, -0.2) is 9.48 Å². The minimum absolute atomic E-state index is 0.0940. The van der Waals surface area contributed by atoms with Gasteiger partial charge in [0.1, 0.15) is 0 Å². The van der Waals surface area contributed by atoms with Crippen molar-refractivity contribution >= 4 is 17.7 Å². The Hall–Kier alpha value is -3.98. The molecule has 0 aliphatic carbocycles. The van der Waals surface area contributed by atoms with E-state index in [2.05, 4.69) is 15.7 Å². The minimum atomic E-state index is -0.538. The van der Waals surface area contributed by atoms with Gasteiger partial charge in [0.25, 0.3) is 5.56 Å². The second-order valence-corrected chi connectivity index (χ2v) is 7.48. The molecule has 0 aliphatic rings. The number of nitrogens with zero attached hydrogens (tertiary/aromatic N) is 2. The van der Waals surface area contributed by atoms with Crippen molar-refractivity contribution in [3.63, 3.8) is 0 Å². The van der Waals surface area contributed by atoms with Gasteiger partial charge >= 0.3 is 6.09 Å². The van der Waals surface area contributed by atoms with Gasteiger partial charge in [-0.3, -0.25) is 14.9 Å². The normalized spacial score (nSPS) is 10.5. The summed E-state index contributed by atoms with van der Waals surface area (Å²) in [6, 6.07) is 17.8. The lowest BCUT2D eigenvalue weighted by atomic mass is 10.1. The highest BCUT2D eigenvalue weighted by Gasteiger charge is 2.09. The quantitative estimate of drug-likeness (QED) is 0.447. The monoisotopic (exact) mass is 464 g/mol. The molecule has 0 saturated carbocycles. The number of aromatic nitrogens is 2. The van der Waals surface area contributed by atoms with Crippen molar-refractivity contribution in [1.82, 2.24) is 15.1 Å². The second-order valence-electron chi connectivity index (χ2n) is 7.48. The van der Waals surface area contributed by atoms with Crippen molar-refractivity contribution in [3.05, 3.63) is 82.1 Å². The van der Waals surface area contributed by atoms with E-state index in [9.17, 15) is 14.4 Å². The molecule has 0 aliphatic heterocycles. The summed E-state index contributed by atoms with van der Waals surface area (Å²) in [5, 5.41) is 9.96. The molecule has 0 bridgehead atoms. The zero-order valence-corrected chi connectivity index (χ0v) is 19.2. The molecule has 0 saturated heterocycles. The standard InChI is InChI=1S/C25H28N4O5/c1-3-34-25(32)27-21-9-5-7-19(15-21)17-29-24(31)11-10-22(28-29)20-8-4-6-18(14-20)16-23(30)26-12-13-33-2/h4-11,14-15H,3,12-13,16-17H2,1-2H3,(H,26,30)(H,27,32). The van der Waals surface area contributed by atoms with Gasteiger partial charge in [0.15, 0.2) is 0 Å². The predicted molar refractivity (Wildman–Crippen MR) is 129 cm³/mol. The van der Waals surface area contributed by atoms with Crippen molar-refractivity contribution in [3.8, 4) is 11.3 Å². The zero-order valence-electron chi connectivity index (χ0n) is 19.2. The Morgan fingerprint density at radius 2 is 1.82 bits per heavy atom. The van der Waals surface area contributed by atoms with Crippen LogP contribution >= 0.6 is 0 Å². The fraction of sp³-hybridized carbons (Fsp3) is 0.280. The first-order valence-corrected chi connectivity index (χ1v) is 10.9. The van der Waals surface area contributed by atoms with Crippen molar-refractivity contribution in [2.24, 2.45) is 0 Å². The zero-order chi connectivity index (χ0) is 24.3. The van der Waals surface area contributed by atoms with Crippen LogP contribution in [-0.4, -0.2) is 48.6 Å². The van der Waals surface area contributed by atoms with E-state index in [1.54, 1.807) is 38.3 Å². The minimum Gasteiger partial charge on any atom is -0.450 e. The van der Waals surface area contributed by atoms with Gasteiger partial charge in [-0.15, -0.1) is 0 Å². The first-order valence-electron chi connectivity index (χ1n) is 10.9. The SMILES string of the molecule is CCOC(=O)Nc1cccc(Cn2nc(-c3cccc(CC(=O)NCCOC)c3)ccc2=O)c1. The van der Waals surface area contributed by atoms with Crippen LogP contribution < -0.4 is 16.2 Å². The van der Waals surface area contributed by atoms with E-state index in [0.29, 0.717) is 24.5 Å². The summed E-state index contributed by atoms with van der Waals surface area (Å²) < 4.78 is 11.2. The van der Waals surface area contributed by atoms with Crippen LogP contribution in [0.5, 0.6) is 0 Å². The van der Waals surface area contributed by atoms with Crippen LogP contribution in [0.1, 0.15) is 18.1 Å². The summed E-state index contributed by atoms with van der Waals surface area (Å²) in [4.78, 5) is 36.2. The van der Waals surface area contributed by atoms with Gasteiger partial charge in [-0.05, 0) is 42.3 Å². The van der Waals surface area contributed by atoms with Crippen molar-refractivity contribution < 1.29 is 19.1 Å². The van der Waals surface area contributed by atoms with Crippen LogP contribution in [0.4, 0.5) is 10.5 Å². The fourth-order valence-electron chi connectivity index (χ4n) is 3.30. The molecule has 0 fully saturated rings. The molecule has 3 aromatic rings. The van der Waals surface area contributed by atoms with Gasteiger partial charge < -0.3 is 14.8 Å². The molecule has 0 atom stereocenters. The smallest absolute Gasteiger partial charge is 0.411 e. The maximum Gasteiger partial charge on any atom is 0.411 e. The third kappa shape index (κ3) is 7.28. The molecule has 0 unspecified atom stereocenters. The van der Waals surface area contributed by atoms with Crippen LogP contribution in [0.15, 0.2) is 65.5 Å². The van der Waals surface area contributed by atoms with E-state index < -0.39 is 6.09 Å². The van der Waals surface area contributed by atoms with Crippen LogP contribution in [0.2, 0.25) is 0 Å². The van der Waals surface area contributed by atoms with Crippen molar-refractivity contribution in [2.75, 3.05) is 32.2 Å². The van der Waals surface area contributed by atoms with Gasteiger partial charge in [-0.2, -0.15) is 5.10 Å². The van der Waals surface area contributed by atoms with E-state index in [4.69, 9.17) is 9.47 Å². The van der Waals surface area contributed by atoms with Gasteiger partial charge in [0.2, 0.25) is 5.91 Å². The first-order chi connectivity index (χ1) is 16.5. The molecule has 178 valence electrons. The van der Waals surface area contributed by atoms with E-state index in [1.165, 1.54) is 10.7 Å². The third-order valence-corrected chi connectivity index (χ3v) is 4.86. The molecular formula is C25H28N4O5. The van der Waals surface area contributed by atoms with Gasteiger partial charge in [0.05, 0.1) is 31.9 Å². The molecule has 34 heavy (non-hydrogen) atoms. The molecule has 1 aromatic heterocycles. The maximum absolute atomic E-state index is 12.4. The number of amides is 2. The molecule has 2 amide bonds. The number of benzene rings is 2. The summed E-state index contributed by atoms with van der Waals surface area (Å²) in [5.41, 5.74) is 3.36. The molecule has 1 heterocycles. The maximum atomic E-state index is 12.4. The number of hydrogen-bond acceptors (Lipinski definition) is 6. The second kappa shape index (κ2) is 12.3. The fourth-order valence-corrected chi connectivity index (χ4v) is 3.30. The summed E-state index contributed by atoms with van der Waals surface area (Å²) in [6.45, 7) is 3.15. The van der Waals surface area contributed by atoms with E-state index >= 15 is 0 Å². The Bertz CT molecular complexity index is 1190. The number of rotatable bonds is 10. The highest BCUT2D eigenvalue weighted by atomic mass is 16.5. The molecule has 2 aromatic carbocycles. The van der Waals surface area contributed by atoms with E-state index in [1.807, 2.05) is 30.3 Å². The largest absolute Gasteiger partial charge is 0.450 e.